The highest BCUT2D eigenvalue weighted by atomic mass is 16.5. The Labute approximate surface area is 118 Å². The van der Waals surface area contributed by atoms with Crippen LogP contribution in [-0.4, -0.2) is 23.6 Å². The molecule has 0 saturated carbocycles. The Kier molecular flexibility index (Phi) is 6.29. The minimum Gasteiger partial charge on any atom is -0.494 e. The largest absolute Gasteiger partial charge is 0.494 e. The second-order valence-electron chi connectivity index (χ2n) is 4.32. The van der Waals surface area contributed by atoms with Gasteiger partial charge in [-0.3, -0.25) is 4.79 Å². The van der Waals surface area contributed by atoms with E-state index >= 15 is 0 Å². The van der Waals surface area contributed by atoms with Crippen molar-refractivity contribution < 1.29 is 19.4 Å². The zero-order valence-electron chi connectivity index (χ0n) is 11.7. The van der Waals surface area contributed by atoms with Gasteiger partial charge in [-0.2, -0.15) is 0 Å². The molecule has 0 spiro atoms. The Morgan fingerprint density at radius 2 is 2.15 bits per heavy atom. The predicted octanol–water partition coefficient (Wildman–Crippen LogP) is 2.43. The molecule has 108 valence electrons. The summed E-state index contributed by atoms with van der Waals surface area (Å²) in [6.07, 6.45) is 3.41. The fourth-order valence-electron chi connectivity index (χ4n) is 1.54. The second kappa shape index (κ2) is 7.99. The third kappa shape index (κ3) is 5.56. The predicted molar refractivity (Wildman–Crippen MR) is 76.3 cm³/mol. The van der Waals surface area contributed by atoms with E-state index in [4.69, 9.17) is 9.84 Å². The lowest BCUT2D eigenvalue weighted by molar-refractivity contribution is -0.134. The molecule has 5 nitrogen and oxygen atoms in total. The Morgan fingerprint density at radius 1 is 1.40 bits per heavy atom. The van der Waals surface area contributed by atoms with Crippen molar-refractivity contribution in [1.82, 2.24) is 5.32 Å². The number of carbonyl (C=O) groups is 2. The van der Waals surface area contributed by atoms with E-state index in [1.807, 2.05) is 6.07 Å². The van der Waals surface area contributed by atoms with Crippen LogP contribution in [0, 0.1) is 0 Å². The van der Waals surface area contributed by atoms with Crippen LogP contribution in [0.4, 0.5) is 0 Å². The molecule has 0 atom stereocenters. The van der Waals surface area contributed by atoms with E-state index < -0.39 is 11.9 Å². The number of carbonyl (C=O) groups excluding carboxylic acids is 1. The number of hydrogen-bond donors (Lipinski definition) is 2. The third-order valence-electron chi connectivity index (χ3n) is 2.48. The minimum atomic E-state index is -1.18. The summed E-state index contributed by atoms with van der Waals surface area (Å²) in [5.41, 5.74) is 0.494. The Bertz CT molecular complexity index is 508. The van der Waals surface area contributed by atoms with Crippen LogP contribution in [0.1, 0.15) is 32.3 Å². The first-order valence-electron chi connectivity index (χ1n) is 6.48. The highest BCUT2D eigenvalue weighted by Gasteiger charge is 2.08. The maximum Gasteiger partial charge on any atom is 0.352 e. The SMILES string of the molecule is CCCCOc1cccc(/C=C(\NC(C)=O)C(=O)O)c1. The van der Waals surface area contributed by atoms with Gasteiger partial charge in [-0.1, -0.05) is 25.5 Å². The molecular formula is C15H19NO4. The van der Waals surface area contributed by atoms with E-state index in [2.05, 4.69) is 12.2 Å². The maximum atomic E-state index is 11.0. The van der Waals surface area contributed by atoms with Gasteiger partial charge in [-0.05, 0) is 30.2 Å². The van der Waals surface area contributed by atoms with Crippen molar-refractivity contribution in [1.29, 1.82) is 0 Å². The van der Waals surface area contributed by atoms with Gasteiger partial charge in [-0.15, -0.1) is 0 Å². The number of rotatable bonds is 7. The molecule has 1 aromatic rings. The molecule has 1 amide bonds. The van der Waals surface area contributed by atoms with E-state index in [1.165, 1.54) is 13.0 Å². The second-order valence-corrected chi connectivity index (χ2v) is 4.32. The lowest BCUT2D eigenvalue weighted by Gasteiger charge is -2.07. The van der Waals surface area contributed by atoms with Crippen molar-refractivity contribution in [3.63, 3.8) is 0 Å². The van der Waals surface area contributed by atoms with Crippen LogP contribution in [0.2, 0.25) is 0 Å². The van der Waals surface area contributed by atoms with Crippen molar-refractivity contribution in [3.05, 3.63) is 35.5 Å². The van der Waals surface area contributed by atoms with Gasteiger partial charge in [0.2, 0.25) is 5.91 Å². The molecule has 2 N–H and O–H groups in total. The van der Waals surface area contributed by atoms with Crippen molar-refractivity contribution in [2.45, 2.75) is 26.7 Å². The van der Waals surface area contributed by atoms with Crippen molar-refractivity contribution in [2.75, 3.05) is 6.61 Å². The lowest BCUT2D eigenvalue weighted by atomic mass is 10.2. The van der Waals surface area contributed by atoms with Crippen LogP contribution < -0.4 is 10.1 Å². The Hall–Kier alpha value is -2.30. The average molecular weight is 277 g/mol. The van der Waals surface area contributed by atoms with Crippen LogP contribution in [-0.2, 0) is 9.59 Å². The molecule has 20 heavy (non-hydrogen) atoms. The quantitative estimate of drug-likeness (QED) is 0.593. The Balaban J connectivity index is 2.86. The number of amides is 1. The molecule has 5 heteroatoms. The number of carboxylic acid groups (broad SMARTS) is 1. The monoisotopic (exact) mass is 277 g/mol. The number of ether oxygens (including phenoxy) is 1. The summed E-state index contributed by atoms with van der Waals surface area (Å²) in [4.78, 5) is 22.0. The van der Waals surface area contributed by atoms with Crippen LogP contribution in [0.15, 0.2) is 30.0 Å². The molecule has 0 aromatic heterocycles. The van der Waals surface area contributed by atoms with Crippen molar-refractivity contribution in [3.8, 4) is 5.75 Å². The van der Waals surface area contributed by atoms with E-state index in [-0.39, 0.29) is 5.70 Å². The topological polar surface area (TPSA) is 75.6 Å². The standard InChI is InChI=1S/C15H19NO4/c1-3-4-8-20-13-7-5-6-12(9-13)10-14(15(18)19)16-11(2)17/h5-7,9-10H,3-4,8H2,1-2H3,(H,16,17)(H,18,19)/b14-10-. The summed E-state index contributed by atoms with van der Waals surface area (Å²) in [6, 6.07) is 7.07. The Morgan fingerprint density at radius 3 is 2.75 bits per heavy atom. The van der Waals surface area contributed by atoms with Gasteiger partial charge >= 0.3 is 5.97 Å². The lowest BCUT2D eigenvalue weighted by Crippen LogP contribution is -2.24. The summed E-state index contributed by atoms with van der Waals surface area (Å²) in [7, 11) is 0. The summed E-state index contributed by atoms with van der Waals surface area (Å²) in [6.45, 7) is 3.97. The summed E-state index contributed by atoms with van der Waals surface area (Å²) in [5, 5.41) is 11.3. The number of benzene rings is 1. The minimum absolute atomic E-state index is 0.164. The fraction of sp³-hybridized carbons (Fsp3) is 0.333. The molecule has 0 radical (unpaired) electrons. The molecule has 0 heterocycles. The van der Waals surface area contributed by atoms with Crippen LogP contribution >= 0.6 is 0 Å². The first kappa shape index (κ1) is 15.8. The molecule has 0 aliphatic heterocycles. The van der Waals surface area contributed by atoms with Crippen LogP contribution in [0.3, 0.4) is 0 Å². The van der Waals surface area contributed by atoms with Gasteiger partial charge in [0.25, 0.3) is 0 Å². The van der Waals surface area contributed by atoms with Crippen molar-refractivity contribution in [2.24, 2.45) is 0 Å². The molecule has 0 fully saturated rings. The summed E-state index contributed by atoms with van der Waals surface area (Å²) >= 11 is 0. The van der Waals surface area contributed by atoms with Gasteiger partial charge in [0.1, 0.15) is 11.4 Å². The number of aliphatic carboxylic acids is 1. The molecule has 0 unspecified atom stereocenters. The molecule has 0 aliphatic rings. The molecule has 0 saturated heterocycles. The van der Waals surface area contributed by atoms with E-state index in [1.54, 1.807) is 18.2 Å². The van der Waals surface area contributed by atoms with Gasteiger partial charge < -0.3 is 15.2 Å². The molecule has 1 aromatic carbocycles. The highest BCUT2D eigenvalue weighted by molar-refractivity contribution is 5.96. The molecule has 0 aliphatic carbocycles. The van der Waals surface area contributed by atoms with E-state index in [0.29, 0.717) is 17.9 Å². The van der Waals surface area contributed by atoms with E-state index in [0.717, 1.165) is 12.8 Å². The van der Waals surface area contributed by atoms with E-state index in [9.17, 15) is 9.59 Å². The molecular weight excluding hydrogens is 258 g/mol. The zero-order chi connectivity index (χ0) is 15.0. The van der Waals surface area contributed by atoms with Crippen molar-refractivity contribution >= 4 is 18.0 Å². The maximum absolute atomic E-state index is 11.0. The van der Waals surface area contributed by atoms with Gasteiger partial charge in [-0.25, -0.2) is 4.79 Å². The summed E-state index contributed by atoms with van der Waals surface area (Å²) < 4.78 is 5.55. The first-order chi connectivity index (χ1) is 9.52. The molecule has 1 rings (SSSR count). The smallest absolute Gasteiger partial charge is 0.352 e. The number of hydrogen-bond acceptors (Lipinski definition) is 3. The average Bonchev–Trinajstić information content (AvgIpc) is 2.38. The number of carboxylic acids is 1. The highest BCUT2D eigenvalue weighted by Crippen LogP contribution is 2.16. The molecule has 0 bridgehead atoms. The zero-order valence-corrected chi connectivity index (χ0v) is 11.7. The normalized spacial score (nSPS) is 11.0. The fourth-order valence-corrected chi connectivity index (χ4v) is 1.54. The first-order valence-corrected chi connectivity index (χ1v) is 6.48. The van der Waals surface area contributed by atoms with Gasteiger partial charge in [0.05, 0.1) is 6.61 Å². The number of nitrogens with one attached hydrogen (secondary N) is 1. The number of unbranched alkanes of at least 4 members (excludes halogenated alkanes) is 1. The third-order valence-corrected chi connectivity index (χ3v) is 2.48. The van der Waals surface area contributed by atoms with Gasteiger partial charge in [0.15, 0.2) is 0 Å². The van der Waals surface area contributed by atoms with Gasteiger partial charge in [0, 0.05) is 6.92 Å². The summed E-state index contributed by atoms with van der Waals surface area (Å²) in [5.74, 6) is -0.925. The van der Waals surface area contributed by atoms with Crippen LogP contribution in [0.25, 0.3) is 6.08 Å². The van der Waals surface area contributed by atoms with Crippen LogP contribution in [0.5, 0.6) is 5.75 Å².